The Bertz CT molecular complexity index is 615. The number of thioether (sulfide) groups is 1. The van der Waals surface area contributed by atoms with E-state index in [1.165, 1.54) is 6.92 Å². The van der Waals surface area contributed by atoms with Crippen molar-refractivity contribution in [3.63, 3.8) is 0 Å². The highest BCUT2D eigenvalue weighted by atomic mass is 32.2. The molecule has 0 radical (unpaired) electrons. The maximum Gasteiger partial charge on any atom is 0.329 e. The van der Waals surface area contributed by atoms with E-state index in [2.05, 4.69) is 5.32 Å². The number of likely N-dealkylation sites (tertiary alicyclic amines) is 1. The largest absolute Gasteiger partial charge is 0.458 e. The number of nitrogens with zero attached hydrogens (tertiary/aromatic N) is 1. The van der Waals surface area contributed by atoms with Gasteiger partial charge in [0.15, 0.2) is 5.12 Å². The predicted molar refractivity (Wildman–Crippen MR) is 114 cm³/mol. The second-order valence-corrected chi connectivity index (χ2v) is 10.3. The van der Waals surface area contributed by atoms with Crippen LogP contribution in [0.5, 0.6) is 0 Å². The SMILES string of the molecule is CC(=O)SCC(C)C(=O)N1CCC[C@H]1C(=O)N[C@@H](CC(C)C)C(=O)OC(C)(C)C. The summed E-state index contributed by atoms with van der Waals surface area (Å²) in [6.45, 7) is 13.1. The van der Waals surface area contributed by atoms with Crippen molar-refractivity contribution in [1.82, 2.24) is 10.2 Å². The van der Waals surface area contributed by atoms with E-state index in [0.717, 1.165) is 18.2 Å². The topological polar surface area (TPSA) is 92.8 Å². The van der Waals surface area contributed by atoms with E-state index in [0.29, 0.717) is 25.1 Å². The number of hydrogen-bond donors (Lipinski definition) is 1. The maximum absolute atomic E-state index is 12.9. The highest BCUT2D eigenvalue weighted by molar-refractivity contribution is 8.13. The molecule has 1 rings (SSSR count). The third kappa shape index (κ3) is 8.76. The van der Waals surface area contributed by atoms with E-state index in [1.54, 1.807) is 32.6 Å². The van der Waals surface area contributed by atoms with E-state index in [4.69, 9.17) is 4.74 Å². The summed E-state index contributed by atoms with van der Waals surface area (Å²) in [5.74, 6) is -0.672. The third-order valence-corrected chi connectivity index (χ3v) is 5.58. The fourth-order valence-electron chi connectivity index (χ4n) is 3.23. The standard InChI is InChI=1S/C21H36N2O5S/c1-13(2)11-16(20(27)28-21(5,6)7)22-18(25)17-9-8-10-23(17)19(26)14(3)12-29-15(4)24/h13-14,16-17H,8-12H2,1-7H3,(H,22,25)/t14?,16-,17-/m0/s1. The molecule has 1 unspecified atom stereocenters. The first-order chi connectivity index (χ1) is 13.3. The van der Waals surface area contributed by atoms with Gasteiger partial charge in [-0.2, -0.15) is 0 Å². The van der Waals surface area contributed by atoms with Gasteiger partial charge in [0.1, 0.15) is 17.7 Å². The van der Waals surface area contributed by atoms with Gasteiger partial charge < -0.3 is 15.0 Å². The van der Waals surface area contributed by atoms with Crippen molar-refractivity contribution in [3.05, 3.63) is 0 Å². The Morgan fingerprint density at radius 2 is 1.79 bits per heavy atom. The smallest absolute Gasteiger partial charge is 0.329 e. The van der Waals surface area contributed by atoms with Crippen LogP contribution in [-0.4, -0.2) is 57.8 Å². The van der Waals surface area contributed by atoms with Gasteiger partial charge in [0.05, 0.1) is 0 Å². The van der Waals surface area contributed by atoms with Crippen LogP contribution in [0.3, 0.4) is 0 Å². The zero-order chi connectivity index (χ0) is 22.4. The summed E-state index contributed by atoms with van der Waals surface area (Å²) >= 11 is 1.11. The molecule has 1 aliphatic heterocycles. The Hall–Kier alpha value is -1.57. The molecular formula is C21H36N2O5S. The van der Waals surface area contributed by atoms with Crippen LogP contribution in [0.25, 0.3) is 0 Å². The first-order valence-corrected chi connectivity index (χ1v) is 11.3. The fourth-order valence-corrected chi connectivity index (χ4v) is 3.85. The first-order valence-electron chi connectivity index (χ1n) is 10.3. The number of esters is 1. The molecule has 8 heteroatoms. The molecule has 0 saturated carbocycles. The molecule has 0 aromatic carbocycles. The van der Waals surface area contributed by atoms with Gasteiger partial charge in [-0.15, -0.1) is 0 Å². The van der Waals surface area contributed by atoms with Gasteiger partial charge in [0.25, 0.3) is 0 Å². The van der Waals surface area contributed by atoms with E-state index >= 15 is 0 Å². The van der Waals surface area contributed by atoms with Crippen LogP contribution in [-0.2, 0) is 23.9 Å². The molecule has 166 valence electrons. The van der Waals surface area contributed by atoms with Gasteiger partial charge in [-0.05, 0) is 46.0 Å². The predicted octanol–water partition coefficient (Wildman–Crippen LogP) is 2.77. The molecular weight excluding hydrogens is 392 g/mol. The normalized spacial score (nSPS) is 19.0. The third-order valence-electron chi connectivity index (χ3n) is 4.51. The number of carbonyl (C=O) groups excluding carboxylic acids is 4. The molecule has 1 heterocycles. The molecule has 1 fully saturated rings. The number of hydrogen-bond acceptors (Lipinski definition) is 6. The van der Waals surface area contributed by atoms with Crippen molar-refractivity contribution in [2.45, 2.75) is 85.4 Å². The lowest BCUT2D eigenvalue weighted by Gasteiger charge is -2.29. The van der Waals surface area contributed by atoms with Crippen molar-refractivity contribution < 1.29 is 23.9 Å². The Labute approximate surface area is 178 Å². The highest BCUT2D eigenvalue weighted by Gasteiger charge is 2.38. The zero-order valence-electron chi connectivity index (χ0n) is 18.7. The van der Waals surface area contributed by atoms with Crippen molar-refractivity contribution in [3.8, 4) is 0 Å². The summed E-state index contributed by atoms with van der Waals surface area (Å²) in [5.41, 5.74) is -0.643. The maximum atomic E-state index is 12.9. The molecule has 29 heavy (non-hydrogen) atoms. The van der Waals surface area contributed by atoms with Crippen LogP contribution in [0.1, 0.15) is 67.7 Å². The van der Waals surface area contributed by atoms with E-state index in [-0.39, 0.29) is 28.8 Å². The molecule has 1 N–H and O–H groups in total. The molecule has 0 aromatic heterocycles. The Morgan fingerprint density at radius 1 is 1.17 bits per heavy atom. The van der Waals surface area contributed by atoms with Crippen LogP contribution >= 0.6 is 11.8 Å². The lowest BCUT2D eigenvalue weighted by Crippen LogP contribution is -2.53. The fraction of sp³-hybridized carbons (Fsp3) is 0.810. The molecule has 0 aliphatic carbocycles. The van der Waals surface area contributed by atoms with E-state index in [1.807, 2.05) is 13.8 Å². The highest BCUT2D eigenvalue weighted by Crippen LogP contribution is 2.22. The summed E-state index contributed by atoms with van der Waals surface area (Å²) in [6, 6.07) is -1.34. The molecule has 0 aromatic rings. The van der Waals surface area contributed by atoms with Crippen LogP contribution in [0.15, 0.2) is 0 Å². The number of rotatable bonds is 8. The van der Waals surface area contributed by atoms with Gasteiger partial charge in [-0.25, -0.2) is 4.79 Å². The quantitative estimate of drug-likeness (QED) is 0.598. The summed E-state index contributed by atoms with van der Waals surface area (Å²) in [6.07, 6.45) is 1.76. The van der Waals surface area contributed by atoms with Gasteiger partial charge in [0.2, 0.25) is 11.8 Å². The number of carbonyl (C=O) groups is 4. The Kier molecular flexibility index (Phi) is 9.65. The second kappa shape index (κ2) is 11.0. The second-order valence-electron chi connectivity index (χ2n) is 9.12. The van der Waals surface area contributed by atoms with E-state index in [9.17, 15) is 19.2 Å². The van der Waals surface area contributed by atoms with Gasteiger partial charge >= 0.3 is 5.97 Å². The van der Waals surface area contributed by atoms with E-state index < -0.39 is 23.7 Å². The lowest BCUT2D eigenvalue weighted by molar-refractivity contribution is -0.159. The molecule has 1 aliphatic rings. The van der Waals surface area contributed by atoms with Crippen molar-refractivity contribution in [1.29, 1.82) is 0 Å². The number of nitrogens with one attached hydrogen (secondary N) is 1. The molecule has 3 atom stereocenters. The zero-order valence-corrected chi connectivity index (χ0v) is 19.6. The van der Waals surface area contributed by atoms with Crippen molar-refractivity contribution in [2.24, 2.45) is 11.8 Å². The van der Waals surface area contributed by atoms with Gasteiger partial charge in [0, 0.05) is 25.1 Å². The number of amides is 2. The average molecular weight is 429 g/mol. The summed E-state index contributed by atoms with van der Waals surface area (Å²) in [4.78, 5) is 51.0. The van der Waals surface area contributed by atoms with Crippen LogP contribution in [0.4, 0.5) is 0 Å². The average Bonchev–Trinajstić information content (AvgIpc) is 3.06. The molecule has 0 bridgehead atoms. The van der Waals surface area contributed by atoms with Crippen LogP contribution < -0.4 is 5.32 Å². The van der Waals surface area contributed by atoms with Crippen LogP contribution in [0.2, 0.25) is 0 Å². The lowest BCUT2D eigenvalue weighted by atomic mass is 10.0. The minimum absolute atomic E-state index is 0.0331. The Morgan fingerprint density at radius 3 is 2.31 bits per heavy atom. The summed E-state index contributed by atoms with van der Waals surface area (Å²) < 4.78 is 5.46. The number of ether oxygens (including phenoxy) is 1. The van der Waals surface area contributed by atoms with Gasteiger partial charge in [-0.3, -0.25) is 14.4 Å². The van der Waals surface area contributed by atoms with Gasteiger partial charge in [-0.1, -0.05) is 32.5 Å². The summed E-state index contributed by atoms with van der Waals surface area (Å²) in [5, 5.41) is 2.79. The molecule has 7 nitrogen and oxygen atoms in total. The monoisotopic (exact) mass is 428 g/mol. The molecule has 1 saturated heterocycles. The first kappa shape index (κ1) is 25.5. The van der Waals surface area contributed by atoms with Crippen molar-refractivity contribution in [2.75, 3.05) is 12.3 Å². The minimum Gasteiger partial charge on any atom is -0.458 e. The van der Waals surface area contributed by atoms with Crippen molar-refractivity contribution >= 4 is 34.7 Å². The summed E-state index contributed by atoms with van der Waals surface area (Å²) in [7, 11) is 0. The minimum atomic E-state index is -0.745. The molecule has 0 spiro atoms. The Balaban J connectivity index is 2.83. The molecule has 2 amide bonds. The van der Waals surface area contributed by atoms with Crippen LogP contribution in [0, 0.1) is 11.8 Å².